The van der Waals surface area contributed by atoms with E-state index in [2.05, 4.69) is 15.3 Å². The average molecular weight is 321 g/mol. The molecule has 0 fully saturated rings. The van der Waals surface area contributed by atoms with Gasteiger partial charge in [-0.3, -0.25) is 0 Å². The molecule has 21 heavy (non-hydrogen) atoms. The number of nitrogens with zero attached hydrogens (tertiary/aromatic N) is 4. The molecule has 0 bridgehead atoms. The number of rotatable bonds is 4. The quantitative estimate of drug-likeness (QED) is 0.737. The number of ether oxygens (including phenoxy) is 1. The Balaban J connectivity index is 1.74. The molecular formula is C14H10Cl2N4O. The van der Waals surface area contributed by atoms with Gasteiger partial charge in [0.15, 0.2) is 16.7 Å². The van der Waals surface area contributed by atoms with Crippen LogP contribution in [0.15, 0.2) is 48.8 Å². The molecule has 0 spiro atoms. The SMILES string of the molecule is Clc1cc(Cl)c(-n2cc(OCc3ccccc3)cn2)nn1. The Morgan fingerprint density at radius 2 is 1.90 bits per heavy atom. The molecule has 0 aliphatic heterocycles. The monoisotopic (exact) mass is 320 g/mol. The number of halogens is 2. The summed E-state index contributed by atoms with van der Waals surface area (Å²) < 4.78 is 7.15. The Kier molecular flexibility index (Phi) is 4.03. The van der Waals surface area contributed by atoms with Crippen molar-refractivity contribution in [2.45, 2.75) is 6.61 Å². The van der Waals surface area contributed by atoms with Crippen LogP contribution in [0, 0.1) is 0 Å². The highest BCUT2D eigenvalue weighted by Gasteiger charge is 2.09. The minimum atomic E-state index is 0.233. The van der Waals surface area contributed by atoms with Gasteiger partial charge < -0.3 is 4.74 Å². The number of hydrogen-bond acceptors (Lipinski definition) is 4. The molecular weight excluding hydrogens is 311 g/mol. The van der Waals surface area contributed by atoms with Crippen LogP contribution in [0.2, 0.25) is 10.2 Å². The van der Waals surface area contributed by atoms with E-state index >= 15 is 0 Å². The van der Waals surface area contributed by atoms with Gasteiger partial charge >= 0.3 is 0 Å². The molecule has 0 saturated heterocycles. The first-order valence-corrected chi connectivity index (χ1v) is 6.88. The van der Waals surface area contributed by atoms with Crippen molar-refractivity contribution in [3.05, 3.63) is 64.5 Å². The van der Waals surface area contributed by atoms with Crippen molar-refractivity contribution in [1.82, 2.24) is 20.0 Å². The fourth-order valence-electron chi connectivity index (χ4n) is 1.73. The third-order valence-electron chi connectivity index (χ3n) is 2.72. The highest BCUT2D eigenvalue weighted by atomic mass is 35.5. The van der Waals surface area contributed by atoms with Gasteiger partial charge in [0, 0.05) is 0 Å². The maximum Gasteiger partial charge on any atom is 0.194 e. The summed E-state index contributed by atoms with van der Waals surface area (Å²) in [6.07, 6.45) is 3.28. The lowest BCUT2D eigenvalue weighted by atomic mass is 10.2. The van der Waals surface area contributed by atoms with Gasteiger partial charge in [0.05, 0.1) is 17.4 Å². The molecule has 0 N–H and O–H groups in total. The summed E-state index contributed by atoms with van der Waals surface area (Å²) in [6, 6.07) is 11.4. The second-order valence-corrected chi connectivity index (χ2v) is 5.03. The van der Waals surface area contributed by atoms with Gasteiger partial charge in [-0.1, -0.05) is 53.5 Å². The summed E-state index contributed by atoms with van der Waals surface area (Å²) in [4.78, 5) is 0. The molecule has 2 aromatic heterocycles. The second kappa shape index (κ2) is 6.11. The van der Waals surface area contributed by atoms with Gasteiger partial charge in [-0.15, -0.1) is 10.2 Å². The Labute approximate surface area is 131 Å². The average Bonchev–Trinajstić information content (AvgIpc) is 2.95. The number of aromatic nitrogens is 4. The Hall–Kier alpha value is -2.11. The molecule has 0 amide bonds. The first kappa shape index (κ1) is 13.9. The van der Waals surface area contributed by atoms with E-state index in [0.717, 1.165) is 5.56 Å². The van der Waals surface area contributed by atoms with Gasteiger partial charge in [-0.05, 0) is 11.6 Å². The first-order chi connectivity index (χ1) is 10.2. The predicted octanol–water partition coefficient (Wildman–Crippen LogP) is 3.55. The van der Waals surface area contributed by atoms with Crippen molar-refractivity contribution >= 4 is 23.2 Å². The van der Waals surface area contributed by atoms with Crippen molar-refractivity contribution in [3.63, 3.8) is 0 Å². The van der Waals surface area contributed by atoms with Crippen molar-refractivity contribution < 1.29 is 4.74 Å². The Morgan fingerprint density at radius 1 is 1.10 bits per heavy atom. The largest absolute Gasteiger partial charge is 0.486 e. The van der Waals surface area contributed by atoms with Crippen LogP contribution in [0.25, 0.3) is 5.82 Å². The fraction of sp³-hybridized carbons (Fsp3) is 0.0714. The van der Waals surface area contributed by atoms with Crippen LogP contribution in [0.4, 0.5) is 0 Å². The highest BCUT2D eigenvalue weighted by molar-refractivity contribution is 6.34. The molecule has 3 aromatic rings. The van der Waals surface area contributed by atoms with Crippen LogP contribution in [0.1, 0.15) is 5.56 Å². The minimum absolute atomic E-state index is 0.233. The van der Waals surface area contributed by atoms with E-state index in [1.807, 2.05) is 30.3 Å². The molecule has 5 nitrogen and oxygen atoms in total. The minimum Gasteiger partial charge on any atom is -0.486 e. The summed E-state index contributed by atoms with van der Waals surface area (Å²) in [5.74, 6) is 1.02. The lowest BCUT2D eigenvalue weighted by Crippen LogP contribution is -2.00. The highest BCUT2D eigenvalue weighted by Crippen LogP contribution is 2.21. The Morgan fingerprint density at radius 3 is 2.67 bits per heavy atom. The van der Waals surface area contributed by atoms with Crippen LogP contribution < -0.4 is 4.74 Å². The summed E-state index contributed by atoms with van der Waals surface area (Å²) in [7, 11) is 0. The molecule has 3 rings (SSSR count). The van der Waals surface area contributed by atoms with Crippen molar-refractivity contribution in [1.29, 1.82) is 0 Å². The zero-order valence-electron chi connectivity index (χ0n) is 10.8. The predicted molar refractivity (Wildman–Crippen MR) is 79.9 cm³/mol. The van der Waals surface area contributed by atoms with E-state index in [1.165, 1.54) is 10.7 Å². The van der Waals surface area contributed by atoms with E-state index in [-0.39, 0.29) is 5.15 Å². The van der Waals surface area contributed by atoms with E-state index in [0.29, 0.717) is 23.2 Å². The third kappa shape index (κ3) is 3.32. The van der Waals surface area contributed by atoms with Gasteiger partial charge in [-0.25, -0.2) is 4.68 Å². The summed E-state index contributed by atoms with van der Waals surface area (Å²) in [5, 5.41) is 12.4. The zero-order chi connectivity index (χ0) is 14.7. The maximum atomic E-state index is 6.06. The van der Waals surface area contributed by atoms with E-state index in [9.17, 15) is 0 Å². The molecule has 0 aliphatic rings. The van der Waals surface area contributed by atoms with Gasteiger partial charge in [0.2, 0.25) is 0 Å². The van der Waals surface area contributed by atoms with Crippen LogP contribution in [0.5, 0.6) is 5.75 Å². The molecule has 0 saturated carbocycles. The van der Waals surface area contributed by atoms with Gasteiger partial charge in [-0.2, -0.15) is 5.10 Å². The van der Waals surface area contributed by atoms with Gasteiger partial charge in [0.25, 0.3) is 0 Å². The van der Waals surface area contributed by atoms with Crippen LogP contribution in [0.3, 0.4) is 0 Å². The molecule has 0 unspecified atom stereocenters. The van der Waals surface area contributed by atoms with Crippen LogP contribution in [-0.2, 0) is 6.61 Å². The lowest BCUT2D eigenvalue weighted by molar-refractivity contribution is 0.306. The molecule has 106 valence electrons. The third-order valence-corrected chi connectivity index (χ3v) is 3.19. The maximum absolute atomic E-state index is 6.06. The molecule has 7 heteroatoms. The van der Waals surface area contributed by atoms with Crippen LogP contribution in [-0.4, -0.2) is 20.0 Å². The summed E-state index contributed by atoms with van der Waals surface area (Å²) in [6.45, 7) is 0.465. The number of benzene rings is 1. The van der Waals surface area contributed by atoms with Crippen molar-refractivity contribution in [3.8, 4) is 11.6 Å². The van der Waals surface area contributed by atoms with E-state index in [4.69, 9.17) is 27.9 Å². The van der Waals surface area contributed by atoms with Crippen LogP contribution >= 0.6 is 23.2 Å². The molecule has 1 aromatic carbocycles. The molecule has 0 radical (unpaired) electrons. The van der Waals surface area contributed by atoms with Crippen molar-refractivity contribution in [2.75, 3.05) is 0 Å². The summed E-state index contributed by atoms with van der Waals surface area (Å²) >= 11 is 11.8. The fourth-order valence-corrected chi connectivity index (χ4v) is 2.16. The molecule has 0 aliphatic carbocycles. The van der Waals surface area contributed by atoms with Gasteiger partial charge in [0.1, 0.15) is 6.61 Å². The zero-order valence-corrected chi connectivity index (χ0v) is 12.3. The van der Waals surface area contributed by atoms with Crippen molar-refractivity contribution in [2.24, 2.45) is 0 Å². The lowest BCUT2D eigenvalue weighted by Gasteiger charge is -2.03. The second-order valence-electron chi connectivity index (χ2n) is 4.23. The van der Waals surface area contributed by atoms with E-state index < -0.39 is 0 Å². The number of hydrogen-bond donors (Lipinski definition) is 0. The Bertz CT molecular complexity index is 746. The smallest absolute Gasteiger partial charge is 0.194 e. The first-order valence-electron chi connectivity index (χ1n) is 6.13. The molecule has 2 heterocycles. The summed E-state index contributed by atoms with van der Waals surface area (Å²) in [5.41, 5.74) is 1.08. The normalized spacial score (nSPS) is 10.6. The van der Waals surface area contributed by atoms with E-state index in [1.54, 1.807) is 12.4 Å². The molecule has 0 atom stereocenters. The topological polar surface area (TPSA) is 52.8 Å². The standard InChI is InChI=1S/C14H10Cl2N4O/c15-12-6-13(16)18-19-14(12)20-8-11(7-17-20)21-9-10-4-2-1-3-5-10/h1-8H,9H2.